The highest BCUT2D eigenvalue weighted by Crippen LogP contribution is 2.41. The molecule has 1 radical (unpaired) electrons. The Bertz CT molecular complexity index is 811. The van der Waals surface area contributed by atoms with Crippen molar-refractivity contribution >= 4 is 17.1 Å². The summed E-state index contributed by atoms with van der Waals surface area (Å²) in [5, 5.41) is 2.03. The summed E-state index contributed by atoms with van der Waals surface area (Å²) < 4.78 is 7.09. The number of carbonyl (C=O) groups is 1. The molecule has 0 unspecified atom stereocenters. The lowest BCUT2D eigenvalue weighted by molar-refractivity contribution is 0.104. The van der Waals surface area contributed by atoms with Gasteiger partial charge in [-0.25, -0.2) is 0 Å². The standard InChI is InChI=1S/C16H10NO2S/c1-19-11-6-4-10(5-7-11)12-9-20-16-14(12)17-8-2-3-13(17)15(16)18/h2-6,8-9H,1H3. The maximum absolute atomic E-state index is 12.3. The van der Waals surface area contributed by atoms with Crippen molar-refractivity contribution in [1.29, 1.82) is 0 Å². The van der Waals surface area contributed by atoms with Crippen LogP contribution >= 0.6 is 11.3 Å². The molecular formula is C16H10NO2S. The van der Waals surface area contributed by atoms with Crippen LogP contribution in [0.4, 0.5) is 0 Å². The fourth-order valence-electron chi connectivity index (χ4n) is 2.54. The number of ether oxygens (including phenoxy) is 1. The Labute approximate surface area is 120 Å². The van der Waals surface area contributed by atoms with Gasteiger partial charge >= 0.3 is 0 Å². The fourth-order valence-corrected chi connectivity index (χ4v) is 3.55. The van der Waals surface area contributed by atoms with Gasteiger partial charge in [0.2, 0.25) is 5.78 Å². The maximum Gasteiger partial charge on any atom is 0.221 e. The number of thiophene rings is 1. The molecule has 3 nitrogen and oxygen atoms in total. The van der Waals surface area contributed by atoms with Crippen LogP contribution in [0.2, 0.25) is 0 Å². The van der Waals surface area contributed by atoms with Gasteiger partial charge in [-0.2, -0.15) is 0 Å². The van der Waals surface area contributed by atoms with Crippen LogP contribution in [0.5, 0.6) is 5.75 Å². The van der Waals surface area contributed by atoms with E-state index >= 15 is 0 Å². The number of hydrogen-bond donors (Lipinski definition) is 0. The molecule has 20 heavy (non-hydrogen) atoms. The third-order valence-corrected chi connectivity index (χ3v) is 4.48. The smallest absolute Gasteiger partial charge is 0.221 e. The molecule has 4 heteroatoms. The molecule has 0 saturated carbocycles. The second-order valence-corrected chi connectivity index (χ2v) is 5.45. The van der Waals surface area contributed by atoms with Gasteiger partial charge < -0.3 is 9.30 Å². The third-order valence-electron chi connectivity index (χ3n) is 3.51. The number of hydrogen-bond acceptors (Lipinski definition) is 3. The summed E-state index contributed by atoms with van der Waals surface area (Å²) >= 11 is 1.50. The van der Waals surface area contributed by atoms with Crippen molar-refractivity contribution in [2.45, 2.75) is 0 Å². The Morgan fingerprint density at radius 1 is 1.30 bits per heavy atom. The molecule has 1 aliphatic heterocycles. The topological polar surface area (TPSA) is 31.2 Å². The summed E-state index contributed by atoms with van der Waals surface area (Å²) in [4.78, 5) is 13.1. The van der Waals surface area contributed by atoms with E-state index in [0.29, 0.717) is 5.75 Å². The highest BCUT2D eigenvalue weighted by molar-refractivity contribution is 7.13. The Hall–Kier alpha value is -2.33. The van der Waals surface area contributed by atoms with Crippen molar-refractivity contribution in [2.24, 2.45) is 0 Å². The van der Waals surface area contributed by atoms with Crippen molar-refractivity contribution < 1.29 is 9.53 Å². The number of aromatic nitrogens is 1. The molecule has 0 atom stereocenters. The molecule has 0 saturated heterocycles. The van der Waals surface area contributed by atoms with Crippen molar-refractivity contribution in [2.75, 3.05) is 7.11 Å². The quantitative estimate of drug-likeness (QED) is 0.562. The lowest BCUT2D eigenvalue weighted by atomic mass is 10.1. The minimum atomic E-state index is 0.110. The monoisotopic (exact) mass is 280 g/mol. The molecule has 0 fully saturated rings. The first-order valence-corrected chi connectivity index (χ1v) is 7.07. The molecule has 0 aliphatic carbocycles. The van der Waals surface area contributed by atoms with Crippen LogP contribution in [-0.2, 0) is 0 Å². The van der Waals surface area contributed by atoms with E-state index in [0.717, 1.165) is 27.4 Å². The van der Waals surface area contributed by atoms with E-state index in [9.17, 15) is 4.79 Å². The molecule has 2 aromatic heterocycles. The predicted molar refractivity (Wildman–Crippen MR) is 77.9 cm³/mol. The second kappa shape index (κ2) is 4.08. The van der Waals surface area contributed by atoms with E-state index in [-0.39, 0.29) is 5.78 Å². The van der Waals surface area contributed by atoms with Crippen molar-refractivity contribution in [3.05, 3.63) is 58.5 Å². The average molecular weight is 280 g/mol. The number of nitrogens with zero attached hydrogens (tertiary/aromatic N) is 1. The van der Waals surface area contributed by atoms with Crippen LogP contribution in [0.15, 0.2) is 41.9 Å². The molecule has 3 heterocycles. The zero-order valence-electron chi connectivity index (χ0n) is 10.7. The number of fused-ring (bicyclic) bond motifs is 3. The van der Waals surface area contributed by atoms with Crippen LogP contribution in [0.1, 0.15) is 15.4 Å². The summed E-state index contributed by atoms with van der Waals surface area (Å²) in [7, 11) is 1.62. The lowest BCUT2D eigenvalue weighted by Gasteiger charge is -2.05. The molecule has 97 valence electrons. The first-order chi connectivity index (χ1) is 9.79. The van der Waals surface area contributed by atoms with E-state index in [1.54, 1.807) is 7.11 Å². The van der Waals surface area contributed by atoms with Gasteiger partial charge in [-0.05, 0) is 29.8 Å². The van der Waals surface area contributed by atoms with Gasteiger partial charge in [-0.15, -0.1) is 11.3 Å². The molecule has 1 aromatic carbocycles. The van der Waals surface area contributed by atoms with E-state index in [1.165, 1.54) is 11.3 Å². The summed E-state index contributed by atoms with van der Waals surface area (Å²) in [5.41, 5.74) is 3.83. The second-order valence-electron chi connectivity index (χ2n) is 4.57. The summed E-state index contributed by atoms with van der Waals surface area (Å²) in [5.74, 6) is 0.817. The molecule has 0 N–H and O–H groups in total. The first-order valence-electron chi connectivity index (χ1n) is 6.19. The Morgan fingerprint density at radius 3 is 2.95 bits per heavy atom. The van der Waals surface area contributed by atoms with Crippen molar-refractivity contribution in [3.8, 4) is 22.6 Å². The number of rotatable bonds is 2. The van der Waals surface area contributed by atoms with Crippen LogP contribution < -0.4 is 4.74 Å². The minimum absolute atomic E-state index is 0.110. The van der Waals surface area contributed by atoms with Gasteiger partial charge in [-0.3, -0.25) is 4.79 Å². The van der Waals surface area contributed by atoms with Crippen molar-refractivity contribution in [3.63, 3.8) is 0 Å². The number of ketones is 1. The van der Waals surface area contributed by atoms with E-state index in [1.807, 2.05) is 46.5 Å². The number of benzene rings is 1. The minimum Gasteiger partial charge on any atom is -0.496 e. The maximum atomic E-state index is 12.3. The van der Waals surface area contributed by atoms with Gasteiger partial charge in [0, 0.05) is 23.2 Å². The molecule has 0 bridgehead atoms. The Kier molecular flexibility index (Phi) is 2.35. The van der Waals surface area contributed by atoms with E-state index in [4.69, 9.17) is 4.74 Å². The highest BCUT2D eigenvalue weighted by Gasteiger charge is 2.30. The van der Waals surface area contributed by atoms with E-state index < -0.39 is 0 Å². The van der Waals surface area contributed by atoms with Crippen LogP contribution in [-0.4, -0.2) is 17.5 Å². The summed E-state index contributed by atoms with van der Waals surface area (Å²) in [6.45, 7) is 0. The Morgan fingerprint density at radius 2 is 2.20 bits per heavy atom. The predicted octanol–water partition coefficient (Wildman–Crippen LogP) is 3.56. The summed E-state index contributed by atoms with van der Waals surface area (Å²) in [6.07, 6.45) is 1.93. The third kappa shape index (κ3) is 1.42. The van der Waals surface area contributed by atoms with Crippen LogP contribution in [0.3, 0.4) is 0 Å². The largest absolute Gasteiger partial charge is 0.496 e. The van der Waals surface area contributed by atoms with Crippen LogP contribution in [0, 0.1) is 6.07 Å². The zero-order valence-corrected chi connectivity index (χ0v) is 11.5. The zero-order chi connectivity index (χ0) is 13.7. The van der Waals surface area contributed by atoms with Gasteiger partial charge in [0.25, 0.3) is 0 Å². The van der Waals surface area contributed by atoms with Gasteiger partial charge in [0.05, 0.1) is 18.5 Å². The molecule has 4 rings (SSSR count). The SMILES string of the molecule is COc1[c]cc(-c2csc3c2-n2cccc2C3=O)cc1. The van der Waals surface area contributed by atoms with Gasteiger partial charge in [0.1, 0.15) is 10.6 Å². The normalized spacial score (nSPS) is 12.3. The van der Waals surface area contributed by atoms with Gasteiger partial charge in [0.15, 0.2) is 0 Å². The highest BCUT2D eigenvalue weighted by atomic mass is 32.1. The van der Waals surface area contributed by atoms with Gasteiger partial charge in [-0.1, -0.05) is 6.07 Å². The summed E-state index contributed by atoms with van der Waals surface area (Å²) in [6, 6.07) is 12.6. The number of carbonyl (C=O) groups excluding carboxylic acids is 1. The van der Waals surface area contributed by atoms with Crippen molar-refractivity contribution in [1.82, 2.24) is 4.57 Å². The molecule has 1 aliphatic rings. The average Bonchev–Trinajstić information content (AvgIpc) is 3.16. The fraction of sp³-hybridized carbons (Fsp3) is 0.0625. The molecule has 3 aromatic rings. The lowest BCUT2D eigenvalue weighted by Crippen LogP contribution is -1.94. The Balaban J connectivity index is 1.90. The van der Waals surface area contributed by atoms with Crippen LogP contribution in [0.25, 0.3) is 16.8 Å². The molecule has 0 spiro atoms. The number of methoxy groups -OCH3 is 1. The first kappa shape index (κ1) is 11.5. The molecular weight excluding hydrogens is 270 g/mol. The molecule has 0 amide bonds. The van der Waals surface area contributed by atoms with E-state index in [2.05, 4.69) is 6.07 Å².